The maximum Gasteiger partial charge on any atom is 0.177 e. The van der Waals surface area contributed by atoms with E-state index in [0.717, 1.165) is 22.2 Å². The first-order chi connectivity index (χ1) is 14.4. The average molecular weight is 385 g/mol. The summed E-state index contributed by atoms with van der Waals surface area (Å²) in [4.78, 5) is 25.6. The van der Waals surface area contributed by atoms with Crippen molar-refractivity contribution in [3.05, 3.63) is 98.5 Å². The van der Waals surface area contributed by atoms with Gasteiger partial charge in [-0.25, -0.2) is 15.0 Å². The van der Waals surface area contributed by atoms with Gasteiger partial charge in [0.15, 0.2) is 5.65 Å². The molecule has 0 aliphatic rings. The summed E-state index contributed by atoms with van der Waals surface area (Å²) in [5, 5.41) is 6.21. The summed E-state index contributed by atoms with van der Waals surface area (Å²) in [6, 6.07) is 13.2. The van der Waals surface area contributed by atoms with E-state index in [0.29, 0.717) is 0 Å². The van der Waals surface area contributed by atoms with Crippen molar-refractivity contribution in [2.75, 3.05) is 0 Å². The molecule has 144 valence electrons. The van der Waals surface area contributed by atoms with Crippen molar-refractivity contribution in [2.24, 2.45) is 0 Å². The van der Waals surface area contributed by atoms with Crippen molar-refractivity contribution in [1.82, 2.24) is 45.1 Å². The first-order valence-electron chi connectivity index (χ1n) is 8.69. The number of imidazole rings is 2. The molecule has 0 fully saturated rings. The molecule has 0 unspecified atom stereocenters. The number of pyridine rings is 3. The number of aromatic amines is 3. The standard InChI is InChI=1S/2C6H5N3.C5H5N.C3H4N2/c1-2-7-3-6-5(1)8-4-9-6;1-2-5-6(7-3-1)9-4-8-5;1-2-4-6-5-3-1;1-2-4-5-3-1/h1-4H,(H,8,9);1-4H,(H,7,8,9);1-5H;1-3H,(H,4,5). The molecule has 3 N–H and O–H groups in total. The highest BCUT2D eigenvalue weighted by molar-refractivity contribution is 5.72. The third-order valence-corrected chi connectivity index (χ3v) is 3.39. The smallest absolute Gasteiger partial charge is 0.177 e. The second-order valence-corrected chi connectivity index (χ2v) is 5.36. The predicted octanol–water partition coefficient (Wildman–Crippen LogP) is 3.41. The molecule has 0 aliphatic heterocycles. The summed E-state index contributed by atoms with van der Waals surface area (Å²) in [5.41, 5.74) is 3.71. The lowest BCUT2D eigenvalue weighted by Crippen LogP contribution is -1.71. The fourth-order valence-corrected chi connectivity index (χ4v) is 2.09. The zero-order valence-corrected chi connectivity index (χ0v) is 15.4. The summed E-state index contributed by atoms with van der Waals surface area (Å²) in [6.07, 6.45) is 15.5. The average Bonchev–Trinajstić information content (AvgIpc) is 3.59. The van der Waals surface area contributed by atoms with Crippen molar-refractivity contribution in [3.8, 4) is 0 Å². The predicted molar refractivity (Wildman–Crippen MR) is 111 cm³/mol. The maximum atomic E-state index is 4.02. The highest BCUT2D eigenvalue weighted by Crippen LogP contribution is 2.03. The van der Waals surface area contributed by atoms with Crippen molar-refractivity contribution >= 4 is 22.2 Å². The van der Waals surface area contributed by atoms with Gasteiger partial charge in [-0.05, 0) is 36.4 Å². The van der Waals surface area contributed by atoms with E-state index in [2.05, 4.69) is 45.1 Å². The normalized spacial score (nSPS) is 9.38. The molecule has 0 saturated heterocycles. The largest absolute Gasteiger partial charge is 0.343 e. The molecule has 0 radical (unpaired) electrons. The van der Waals surface area contributed by atoms with Gasteiger partial charge in [-0.2, -0.15) is 5.10 Å². The highest BCUT2D eigenvalue weighted by Gasteiger charge is 1.90. The van der Waals surface area contributed by atoms with Crippen LogP contribution in [0.15, 0.2) is 98.5 Å². The molecular formula is C20H19N9. The van der Waals surface area contributed by atoms with E-state index in [9.17, 15) is 0 Å². The van der Waals surface area contributed by atoms with Gasteiger partial charge in [0.05, 0.1) is 35.4 Å². The topological polar surface area (TPSA) is 125 Å². The third kappa shape index (κ3) is 6.68. The molecule has 29 heavy (non-hydrogen) atoms. The van der Waals surface area contributed by atoms with Crippen molar-refractivity contribution in [3.63, 3.8) is 0 Å². The maximum absolute atomic E-state index is 4.02. The van der Waals surface area contributed by atoms with E-state index in [4.69, 9.17) is 0 Å². The number of aromatic nitrogens is 9. The van der Waals surface area contributed by atoms with E-state index in [1.54, 1.807) is 56.0 Å². The molecule has 0 saturated carbocycles. The fraction of sp³-hybridized carbons (Fsp3) is 0. The Hall–Kier alpha value is -4.40. The number of fused-ring (bicyclic) bond motifs is 2. The number of nitrogens with zero attached hydrogens (tertiary/aromatic N) is 6. The molecule has 9 heteroatoms. The Morgan fingerprint density at radius 2 is 1.48 bits per heavy atom. The van der Waals surface area contributed by atoms with Gasteiger partial charge in [0.1, 0.15) is 0 Å². The summed E-state index contributed by atoms with van der Waals surface area (Å²) in [7, 11) is 0. The summed E-state index contributed by atoms with van der Waals surface area (Å²) in [5.74, 6) is 0. The van der Waals surface area contributed by atoms with Crippen LogP contribution in [0.4, 0.5) is 0 Å². The van der Waals surface area contributed by atoms with Gasteiger partial charge in [0, 0.05) is 37.2 Å². The molecule has 0 amide bonds. The van der Waals surface area contributed by atoms with Crippen LogP contribution in [-0.4, -0.2) is 45.1 Å². The number of nitrogens with one attached hydrogen (secondary N) is 3. The Morgan fingerprint density at radius 3 is 2.10 bits per heavy atom. The molecule has 0 spiro atoms. The monoisotopic (exact) mass is 385 g/mol. The van der Waals surface area contributed by atoms with Gasteiger partial charge in [0.2, 0.25) is 0 Å². The number of hydrogen-bond donors (Lipinski definition) is 3. The molecule has 0 atom stereocenters. The van der Waals surface area contributed by atoms with Crippen LogP contribution in [0, 0.1) is 0 Å². The van der Waals surface area contributed by atoms with Crippen LogP contribution in [0.5, 0.6) is 0 Å². The lowest BCUT2D eigenvalue weighted by molar-refractivity contribution is 1.09. The van der Waals surface area contributed by atoms with Gasteiger partial charge < -0.3 is 9.97 Å². The van der Waals surface area contributed by atoms with Crippen molar-refractivity contribution < 1.29 is 0 Å². The van der Waals surface area contributed by atoms with Crippen LogP contribution < -0.4 is 0 Å². The van der Waals surface area contributed by atoms with Gasteiger partial charge in [-0.15, -0.1) is 0 Å². The van der Waals surface area contributed by atoms with Gasteiger partial charge in [-0.3, -0.25) is 15.1 Å². The van der Waals surface area contributed by atoms with Gasteiger partial charge >= 0.3 is 0 Å². The molecule has 6 rings (SSSR count). The molecule has 0 aromatic carbocycles. The minimum Gasteiger partial charge on any atom is -0.343 e. The molecule has 0 bridgehead atoms. The molecular weight excluding hydrogens is 366 g/mol. The minimum absolute atomic E-state index is 0.775. The first-order valence-corrected chi connectivity index (χ1v) is 8.69. The highest BCUT2D eigenvalue weighted by atomic mass is 15.1. The van der Waals surface area contributed by atoms with Crippen LogP contribution in [0.1, 0.15) is 0 Å². The Kier molecular flexibility index (Phi) is 7.57. The van der Waals surface area contributed by atoms with E-state index in [-0.39, 0.29) is 0 Å². The van der Waals surface area contributed by atoms with E-state index in [1.807, 2.05) is 42.5 Å². The van der Waals surface area contributed by atoms with Crippen LogP contribution in [0.3, 0.4) is 0 Å². The van der Waals surface area contributed by atoms with Crippen LogP contribution in [0.25, 0.3) is 22.2 Å². The Balaban J connectivity index is 0.000000114. The summed E-state index contributed by atoms with van der Waals surface area (Å²) < 4.78 is 0. The minimum atomic E-state index is 0.775. The van der Waals surface area contributed by atoms with Crippen molar-refractivity contribution in [1.29, 1.82) is 0 Å². The fourth-order valence-electron chi connectivity index (χ4n) is 2.09. The zero-order valence-electron chi connectivity index (χ0n) is 15.4. The molecule has 6 heterocycles. The molecule has 0 aliphatic carbocycles. The lowest BCUT2D eigenvalue weighted by atomic mass is 10.4. The molecule has 6 aromatic heterocycles. The Labute approximate surface area is 166 Å². The first kappa shape index (κ1) is 19.4. The SMILES string of the molecule is c1cc2nc[nH]c2cn1.c1ccncc1.c1cn[nH]c1.c1cnc2nc[nH]c2c1. The Morgan fingerprint density at radius 1 is 0.621 bits per heavy atom. The second-order valence-electron chi connectivity index (χ2n) is 5.36. The number of hydrogen-bond acceptors (Lipinski definition) is 6. The Bertz CT molecular complexity index is 994. The van der Waals surface area contributed by atoms with Crippen LogP contribution in [-0.2, 0) is 0 Å². The second kappa shape index (κ2) is 11.3. The number of H-pyrrole nitrogens is 3. The quantitative estimate of drug-likeness (QED) is 0.368. The van der Waals surface area contributed by atoms with E-state index in [1.165, 1.54) is 0 Å². The van der Waals surface area contributed by atoms with Gasteiger partial charge in [-0.1, -0.05) is 6.07 Å². The molecule has 9 nitrogen and oxygen atoms in total. The number of rotatable bonds is 0. The lowest BCUT2D eigenvalue weighted by Gasteiger charge is -1.80. The van der Waals surface area contributed by atoms with Crippen LogP contribution in [0.2, 0.25) is 0 Å². The summed E-state index contributed by atoms with van der Waals surface area (Å²) in [6.45, 7) is 0. The van der Waals surface area contributed by atoms with E-state index < -0.39 is 0 Å². The summed E-state index contributed by atoms with van der Waals surface area (Å²) >= 11 is 0. The third-order valence-electron chi connectivity index (χ3n) is 3.39. The van der Waals surface area contributed by atoms with Crippen LogP contribution >= 0.6 is 0 Å². The van der Waals surface area contributed by atoms with E-state index >= 15 is 0 Å². The molecule has 6 aromatic rings. The van der Waals surface area contributed by atoms with Gasteiger partial charge in [0.25, 0.3) is 0 Å². The van der Waals surface area contributed by atoms with Crippen molar-refractivity contribution in [2.45, 2.75) is 0 Å². The zero-order chi connectivity index (χ0) is 20.0.